The molecule has 0 saturated carbocycles. The first-order valence-electron chi connectivity index (χ1n) is 9.67. The van der Waals surface area contributed by atoms with Crippen LogP contribution in [0.3, 0.4) is 0 Å². The summed E-state index contributed by atoms with van der Waals surface area (Å²) in [5.41, 5.74) is 1.18. The standard InChI is InChI=1S/C21H32O6/c1-5-16(4)17-10-8-9-11-19(17)27-15-14-24-13-12-18(20(22)25-6-2)21(23)26-7-3/h8-11,16,18H,5-7,12-15H2,1-4H3. The van der Waals surface area contributed by atoms with Crippen LogP contribution < -0.4 is 4.74 Å². The number of rotatable bonds is 13. The number of hydrogen-bond donors (Lipinski definition) is 0. The first-order valence-corrected chi connectivity index (χ1v) is 9.67. The molecule has 0 bridgehead atoms. The zero-order chi connectivity index (χ0) is 20.1. The van der Waals surface area contributed by atoms with Crippen LogP contribution in [0.1, 0.15) is 52.0 Å². The Morgan fingerprint density at radius 3 is 2.15 bits per heavy atom. The van der Waals surface area contributed by atoms with Crippen molar-refractivity contribution < 1.29 is 28.5 Å². The molecule has 0 aliphatic rings. The molecular weight excluding hydrogens is 348 g/mol. The molecule has 0 aromatic heterocycles. The van der Waals surface area contributed by atoms with Gasteiger partial charge in [-0.05, 0) is 44.2 Å². The van der Waals surface area contributed by atoms with Crippen LogP contribution in [0.2, 0.25) is 0 Å². The normalized spacial score (nSPS) is 11.9. The van der Waals surface area contributed by atoms with E-state index in [-0.39, 0.29) is 26.2 Å². The van der Waals surface area contributed by atoms with Crippen molar-refractivity contribution in [2.45, 2.75) is 46.5 Å². The van der Waals surface area contributed by atoms with Crippen molar-refractivity contribution in [3.63, 3.8) is 0 Å². The SMILES string of the molecule is CCOC(=O)C(CCOCCOc1ccccc1C(C)CC)C(=O)OCC. The minimum absolute atomic E-state index is 0.221. The van der Waals surface area contributed by atoms with E-state index < -0.39 is 17.9 Å². The van der Waals surface area contributed by atoms with Crippen molar-refractivity contribution in [1.82, 2.24) is 0 Å². The smallest absolute Gasteiger partial charge is 0.320 e. The van der Waals surface area contributed by atoms with E-state index in [4.69, 9.17) is 18.9 Å². The van der Waals surface area contributed by atoms with Gasteiger partial charge in [0.2, 0.25) is 0 Å². The highest BCUT2D eigenvalue weighted by molar-refractivity contribution is 5.94. The monoisotopic (exact) mass is 380 g/mol. The van der Waals surface area contributed by atoms with Crippen LogP contribution in [-0.2, 0) is 23.8 Å². The maximum Gasteiger partial charge on any atom is 0.320 e. The maximum atomic E-state index is 11.9. The number of ether oxygens (including phenoxy) is 4. The van der Waals surface area contributed by atoms with Gasteiger partial charge in [0.15, 0.2) is 5.92 Å². The van der Waals surface area contributed by atoms with E-state index in [1.165, 1.54) is 5.56 Å². The van der Waals surface area contributed by atoms with Gasteiger partial charge in [-0.2, -0.15) is 0 Å². The topological polar surface area (TPSA) is 71.1 Å². The lowest BCUT2D eigenvalue weighted by atomic mass is 9.98. The fourth-order valence-corrected chi connectivity index (χ4v) is 2.57. The Kier molecular flexibility index (Phi) is 11.2. The first-order chi connectivity index (χ1) is 13.0. The van der Waals surface area contributed by atoms with Crippen molar-refractivity contribution in [3.05, 3.63) is 29.8 Å². The Balaban J connectivity index is 2.40. The quantitative estimate of drug-likeness (QED) is 0.295. The molecule has 0 amide bonds. The summed E-state index contributed by atoms with van der Waals surface area (Å²) in [6.07, 6.45) is 1.26. The Bertz CT molecular complexity index is 554. The molecule has 0 spiro atoms. The van der Waals surface area contributed by atoms with E-state index in [9.17, 15) is 9.59 Å². The third-order valence-electron chi connectivity index (χ3n) is 4.24. The van der Waals surface area contributed by atoms with E-state index in [1.54, 1.807) is 13.8 Å². The molecule has 6 heteroatoms. The molecule has 6 nitrogen and oxygen atoms in total. The summed E-state index contributed by atoms with van der Waals surface area (Å²) in [6.45, 7) is 9.18. The van der Waals surface area contributed by atoms with Gasteiger partial charge in [0.1, 0.15) is 12.4 Å². The van der Waals surface area contributed by atoms with Crippen molar-refractivity contribution in [1.29, 1.82) is 0 Å². The van der Waals surface area contributed by atoms with Crippen molar-refractivity contribution >= 4 is 11.9 Å². The van der Waals surface area contributed by atoms with Crippen LogP contribution in [-0.4, -0.2) is 45.0 Å². The van der Waals surface area contributed by atoms with Gasteiger partial charge < -0.3 is 18.9 Å². The number of esters is 2. The van der Waals surface area contributed by atoms with E-state index in [2.05, 4.69) is 19.9 Å². The van der Waals surface area contributed by atoms with Gasteiger partial charge in [0.25, 0.3) is 0 Å². The van der Waals surface area contributed by atoms with Gasteiger partial charge in [0, 0.05) is 6.61 Å². The summed E-state index contributed by atoms with van der Waals surface area (Å²) in [5.74, 6) is -0.795. The second kappa shape index (κ2) is 13.1. The Morgan fingerprint density at radius 1 is 0.926 bits per heavy atom. The molecule has 0 heterocycles. The Hall–Kier alpha value is -2.08. The van der Waals surface area contributed by atoms with E-state index in [0.717, 1.165) is 12.2 Å². The highest BCUT2D eigenvalue weighted by atomic mass is 16.6. The van der Waals surface area contributed by atoms with Crippen LogP contribution in [0.25, 0.3) is 0 Å². The molecule has 1 aromatic carbocycles. The average Bonchev–Trinajstić information content (AvgIpc) is 2.67. The van der Waals surface area contributed by atoms with Gasteiger partial charge in [-0.3, -0.25) is 9.59 Å². The number of para-hydroxylation sites is 1. The minimum Gasteiger partial charge on any atom is -0.491 e. The van der Waals surface area contributed by atoms with Crippen LogP contribution in [0, 0.1) is 5.92 Å². The van der Waals surface area contributed by atoms with Gasteiger partial charge in [-0.1, -0.05) is 32.0 Å². The molecule has 0 N–H and O–H groups in total. The van der Waals surface area contributed by atoms with Crippen molar-refractivity contribution in [3.8, 4) is 5.75 Å². The fraction of sp³-hybridized carbons (Fsp3) is 0.619. The molecule has 0 fully saturated rings. The van der Waals surface area contributed by atoms with Crippen LogP contribution in [0.4, 0.5) is 0 Å². The maximum absolute atomic E-state index is 11.9. The third kappa shape index (κ3) is 7.99. The number of carbonyl (C=O) groups excluding carboxylic acids is 2. The van der Waals surface area contributed by atoms with E-state index >= 15 is 0 Å². The third-order valence-corrected chi connectivity index (χ3v) is 4.24. The summed E-state index contributed by atoms with van der Waals surface area (Å²) in [5, 5.41) is 0. The molecule has 1 atom stereocenters. The molecule has 27 heavy (non-hydrogen) atoms. The van der Waals surface area contributed by atoms with E-state index in [0.29, 0.717) is 19.1 Å². The van der Waals surface area contributed by atoms with Crippen LogP contribution in [0.5, 0.6) is 5.75 Å². The summed E-state index contributed by atoms with van der Waals surface area (Å²) >= 11 is 0. The molecule has 0 aliphatic carbocycles. The van der Waals surface area contributed by atoms with E-state index in [1.807, 2.05) is 18.2 Å². The predicted molar refractivity (Wildman–Crippen MR) is 103 cm³/mol. The molecule has 0 radical (unpaired) electrons. The molecule has 1 aromatic rings. The molecular formula is C21H32O6. The molecule has 0 saturated heterocycles. The second-order valence-electron chi connectivity index (χ2n) is 6.15. The first kappa shape index (κ1) is 23.0. The summed E-state index contributed by atoms with van der Waals surface area (Å²) in [4.78, 5) is 23.8. The van der Waals surface area contributed by atoms with Gasteiger partial charge in [0.05, 0.1) is 19.8 Å². The number of hydrogen-bond acceptors (Lipinski definition) is 6. The zero-order valence-corrected chi connectivity index (χ0v) is 16.9. The molecule has 1 rings (SSSR count). The van der Waals surface area contributed by atoms with Crippen molar-refractivity contribution in [2.24, 2.45) is 5.92 Å². The number of carbonyl (C=O) groups is 2. The van der Waals surface area contributed by atoms with Crippen LogP contribution >= 0.6 is 0 Å². The van der Waals surface area contributed by atoms with Crippen LogP contribution in [0.15, 0.2) is 24.3 Å². The van der Waals surface area contributed by atoms with Gasteiger partial charge in [-0.25, -0.2) is 0 Å². The fourth-order valence-electron chi connectivity index (χ4n) is 2.57. The highest BCUT2D eigenvalue weighted by Gasteiger charge is 2.29. The molecule has 152 valence electrons. The Labute approximate surface area is 162 Å². The Morgan fingerprint density at radius 2 is 1.56 bits per heavy atom. The lowest BCUT2D eigenvalue weighted by molar-refractivity contribution is -0.162. The number of benzene rings is 1. The highest BCUT2D eigenvalue weighted by Crippen LogP contribution is 2.28. The lowest BCUT2D eigenvalue weighted by Crippen LogP contribution is -2.29. The second-order valence-corrected chi connectivity index (χ2v) is 6.15. The van der Waals surface area contributed by atoms with Gasteiger partial charge >= 0.3 is 11.9 Å². The van der Waals surface area contributed by atoms with Crippen molar-refractivity contribution in [2.75, 3.05) is 33.0 Å². The average molecular weight is 380 g/mol. The predicted octanol–water partition coefficient (Wildman–Crippen LogP) is 3.73. The van der Waals surface area contributed by atoms with Gasteiger partial charge in [-0.15, -0.1) is 0 Å². The molecule has 1 unspecified atom stereocenters. The zero-order valence-electron chi connectivity index (χ0n) is 16.9. The summed E-state index contributed by atoms with van der Waals surface area (Å²) < 4.78 is 21.2. The summed E-state index contributed by atoms with van der Waals surface area (Å²) in [6, 6.07) is 7.99. The summed E-state index contributed by atoms with van der Waals surface area (Å²) in [7, 11) is 0. The lowest BCUT2D eigenvalue weighted by Gasteiger charge is -2.16. The minimum atomic E-state index is -0.947. The largest absolute Gasteiger partial charge is 0.491 e. The molecule has 0 aliphatic heterocycles.